The molecule has 0 aliphatic carbocycles. The number of hydrogen-bond acceptors (Lipinski definition) is 4. The zero-order valence-electron chi connectivity index (χ0n) is 10.2. The fourth-order valence-electron chi connectivity index (χ4n) is 2.35. The fraction of sp³-hybridized carbons (Fsp3) is 0.286. The molecular formula is C14H15N3S. The molecule has 0 saturated heterocycles. The Kier molecular flexibility index (Phi) is 2.96. The Hall–Kier alpha value is -1.55. The molecule has 3 nitrogen and oxygen atoms in total. The molecule has 0 fully saturated rings. The average molecular weight is 257 g/mol. The first kappa shape index (κ1) is 11.5. The molecule has 0 radical (unpaired) electrons. The van der Waals surface area contributed by atoms with Gasteiger partial charge in [0.25, 0.3) is 0 Å². The SMILES string of the molecule is CC1=NC2=NCCC(c3cccc(S)c3)N2C=C1. The summed E-state index contributed by atoms with van der Waals surface area (Å²) in [7, 11) is 0. The standard InChI is InChI=1S/C14H15N3S/c1-10-6-8-17-13(5-7-15-14(17)16-10)11-3-2-4-12(18)9-11/h2-4,6,8-9,13,18H,5,7H2,1H3. The molecule has 0 N–H and O–H groups in total. The van der Waals surface area contributed by atoms with Crippen molar-refractivity contribution in [3.63, 3.8) is 0 Å². The summed E-state index contributed by atoms with van der Waals surface area (Å²) in [5, 5.41) is 0. The molecule has 1 aromatic carbocycles. The van der Waals surface area contributed by atoms with Crippen molar-refractivity contribution in [2.75, 3.05) is 6.54 Å². The Labute approximate surface area is 112 Å². The second kappa shape index (κ2) is 4.61. The van der Waals surface area contributed by atoms with Gasteiger partial charge in [-0.25, -0.2) is 4.99 Å². The molecule has 1 aromatic rings. The van der Waals surface area contributed by atoms with E-state index in [0.717, 1.165) is 29.5 Å². The Morgan fingerprint density at radius 2 is 2.28 bits per heavy atom. The van der Waals surface area contributed by atoms with Crippen LogP contribution in [0.2, 0.25) is 0 Å². The van der Waals surface area contributed by atoms with E-state index in [2.05, 4.69) is 45.8 Å². The Balaban J connectivity index is 1.96. The van der Waals surface area contributed by atoms with Crippen LogP contribution in [-0.2, 0) is 0 Å². The smallest absolute Gasteiger partial charge is 0.225 e. The van der Waals surface area contributed by atoms with Gasteiger partial charge in [0, 0.05) is 23.4 Å². The number of benzene rings is 1. The molecule has 4 heteroatoms. The molecule has 18 heavy (non-hydrogen) atoms. The number of allylic oxidation sites excluding steroid dienone is 1. The molecule has 2 heterocycles. The first-order valence-corrected chi connectivity index (χ1v) is 6.54. The number of rotatable bonds is 1. The molecule has 0 aromatic heterocycles. The normalized spacial score (nSPS) is 22.3. The largest absolute Gasteiger partial charge is 0.310 e. The molecule has 3 rings (SSSR count). The van der Waals surface area contributed by atoms with Gasteiger partial charge in [0.1, 0.15) is 0 Å². The molecule has 0 spiro atoms. The number of thiol groups is 1. The van der Waals surface area contributed by atoms with E-state index in [1.165, 1.54) is 5.56 Å². The first-order valence-electron chi connectivity index (χ1n) is 6.09. The zero-order chi connectivity index (χ0) is 12.5. The lowest BCUT2D eigenvalue weighted by molar-refractivity contribution is 0.366. The third-order valence-corrected chi connectivity index (χ3v) is 3.51. The second-order valence-corrected chi connectivity index (χ2v) is 5.07. The minimum atomic E-state index is 0.317. The van der Waals surface area contributed by atoms with Gasteiger partial charge in [0.15, 0.2) is 0 Å². The maximum Gasteiger partial charge on any atom is 0.225 e. The third kappa shape index (κ3) is 2.08. The van der Waals surface area contributed by atoms with Gasteiger partial charge in [0.2, 0.25) is 5.96 Å². The van der Waals surface area contributed by atoms with Gasteiger partial charge in [-0.05, 0) is 37.1 Å². The second-order valence-electron chi connectivity index (χ2n) is 4.56. The van der Waals surface area contributed by atoms with Crippen molar-refractivity contribution in [2.24, 2.45) is 9.98 Å². The summed E-state index contributed by atoms with van der Waals surface area (Å²) >= 11 is 4.41. The van der Waals surface area contributed by atoms with E-state index < -0.39 is 0 Å². The number of aliphatic imine (C=N–C) groups is 2. The van der Waals surface area contributed by atoms with Gasteiger partial charge < -0.3 is 4.90 Å². The average Bonchev–Trinajstić information content (AvgIpc) is 2.37. The number of fused-ring (bicyclic) bond motifs is 1. The summed E-state index contributed by atoms with van der Waals surface area (Å²) in [6.07, 6.45) is 5.12. The van der Waals surface area contributed by atoms with E-state index in [-0.39, 0.29) is 0 Å². The highest BCUT2D eigenvalue weighted by molar-refractivity contribution is 7.80. The maximum atomic E-state index is 4.49. The maximum absolute atomic E-state index is 4.49. The van der Waals surface area contributed by atoms with Crippen molar-refractivity contribution in [3.05, 3.63) is 42.1 Å². The van der Waals surface area contributed by atoms with Crippen LogP contribution in [0.25, 0.3) is 0 Å². The lowest BCUT2D eigenvalue weighted by Gasteiger charge is -2.34. The monoisotopic (exact) mass is 257 g/mol. The van der Waals surface area contributed by atoms with Crippen LogP contribution in [0, 0.1) is 0 Å². The highest BCUT2D eigenvalue weighted by Crippen LogP contribution is 2.30. The summed E-state index contributed by atoms with van der Waals surface area (Å²) in [4.78, 5) is 12.1. The molecule has 1 unspecified atom stereocenters. The summed E-state index contributed by atoms with van der Waals surface area (Å²) in [5.41, 5.74) is 2.28. The predicted molar refractivity (Wildman–Crippen MR) is 77.4 cm³/mol. The minimum Gasteiger partial charge on any atom is -0.310 e. The molecule has 0 saturated carbocycles. The Morgan fingerprint density at radius 1 is 1.39 bits per heavy atom. The van der Waals surface area contributed by atoms with Crippen LogP contribution < -0.4 is 0 Å². The van der Waals surface area contributed by atoms with Crippen LogP contribution in [0.5, 0.6) is 0 Å². The topological polar surface area (TPSA) is 28.0 Å². The Morgan fingerprint density at radius 3 is 3.11 bits per heavy atom. The van der Waals surface area contributed by atoms with Gasteiger partial charge in [-0.3, -0.25) is 4.99 Å². The number of nitrogens with zero attached hydrogens (tertiary/aromatic N) is 3. The van der Waals surface area contributed by atoms with E-state index >= 15 is 0 Å². The summed E-state index contributed by atoms with van der Waals surface area (Å²) in [6, 6.07) is 8.63. The van der Waals surface area contributed by atoms with Gasteiger partial charge in [-0.2, -0.15) is 0 Å². The van der Waals surface area contributed by atoms with Crippen LogP contribution in [0.3, 0.4) is 0 Å². The molecule has 2 aliphatic heterocycles. The molecule has 2 aliphatic rings. The molecule has 0 amide bonds. The van der Waals surface area contributed by atoms with Crippen molar-refractivity contribution in [2.45, 2.75) is 24.3 Å². The van der Waals surface area contributed by atoms with Crippen LogP contribution in [0.4, 0.5) is 0 Å². The molecule has 92 valence electrons. The number of guanidine groups is 1. The van der Waals surface area contributed by atoms with E-state index in [1.54, 1.807) is 0 Å². The van der Waals surface area contributed by atoms with Crippen molar-refractivity contribution < 1.29 is 0 Å². The number of hydrogen-bond donors (Lipinski definition) is 1. The third-order valence-electron chi connectivity index (χ3n) is 3.23. The summed E-state index contributed by atoms with van der Waals surface area (Å²) in [5.74, 6) is 0.829. The lowest BCUT2D eigenvalue weighted by atomic mass is 10.0. The van der Waals surface area contributed by atoms with Crippen LogP contribution in [-0.4, -0.2) is 23.1 Å². The lowest BCUT2D eigenvalue weighted by Crippen LogP contribution is -2.35. The summed E-state index contributed by atoms with van der Waals surface area (Å²) in [6.45, 7) is 2.83. The van der Waals surface area contributed by atoms with Gasteiger partial charge in [-0.1, -0.05) is 12.1 Å². The highest BCUT2D eigenvalue weighted by atomic mass is 32.1. The van der Waals surface area contributed by atoms with E-state index in [9.17, 15) is 0 Å². The van der Waals surface area contributed by atoms with Crippen LogP contribution >= 0.6 is 12.6 Å². The van der Waals surface area contributed by atoms with Crippen molar-refractivity contribution in [1.82, 2.24) is 4.90 Å². The zero-order valence-corrected chi connectivity index (χ0v) is 11.1. The van der Waals surface area contributed by atoms with Crippen molar-refractivity contribution in [1.29, 1.82) is 0 Å². The first-order chi connectivity index (χ1) is 8.74. The van der Waals surface area contributed by atoms with E-state index in [4.69, 9.17) is 0 Å². The molecule has 0 bridgehead atoms. The van der Waals surface area contributed by atoms with Crippen molar-refractivity contribution >= 4 is 24.3 Å². The van der Waals surface area contributed by atoms with Gasteiger partial charge in [-0.15, -0.1) is 12.6 Å². The predicted octanol–water partition coefficient (Wildman–Crippen LogP) is 3.07. The Bertz CT molecular complexity index is 560. The quantitative estimate of drug-likeness (QED) is 0.769. The van der Waals surface area contributed by atoms with Gasteiger partial charge in [0.05, 0.1) is 6.04 Å². The van der Waals surface area contributed by atoms with Crippen LogP contribution in [0.1, 0.15) is 24.9 Å². The van der Waals surface area contributed by atoms with Crippen LogP contribution in [0.15, 0.2) is 51.4 Å². The molecule has 1 atom stereocenters. The van der Waals surface area contributed by atoms with Gasteiger partial charge >= 0.3 is 0 Å². The van der Waals surface area contributed by atoms with E-state index in [1.807, 2.05) is 25.1 Å². The fourth-order valence-corrected chi connectivity index (χ4v) is 2.59. The van der Waals surface area contributed by atoms with E-state index in [0.29, 0.717) is 6.04 Å². The molecular weight excluding hydrogens is 242 g/mol. The minimum absolute atomic E-state index is 0.317. The van der Waals surface area contributed by atoms with Crippen molar-refractivity contribution in [3.8, 4) is 0 Å². The summed E-state index contributed by atoms with van der Waals surface area (Å²) < 4.78 is 0. The highest BCUT2D eigenvalue weighted by Gasteiger charge is 2.26.